The van der Waals surface area contributed by atoms with Crippen LogP contribution in [0.2, 0.25) is 0 Å². The highest BCUT2D eigenvalue weighted by molar-refractivity contribution is 5.93. The van der Waals surface area contributed by atoms with E-state index < -0.39 is 23.5 Å². The van der Waals surface area contributed by atoms with E-state index in [4.69, 9.17) is 9.15 Å². The number of carbonyl (C=O) groups excluding carboxylic acids is 3. The van der Waals surface area contributed by atoms with Crippen molar-refractivity contribution in [2.45, 2.75) is 59.6 Å². The molecule has 1 aliphatic rings. The Labute approximate surface area is 178 Å². The number of rotatable bonds is 6. The molecule has 0 aliphatic carbocycles. The molecule has 1 aliphatic heterocycles. The van der Waals surface area contributed by atoms with Gasteiger partial charge in [0.2, 0.25) is 5.91 Å². The maximum absolute atomic E-state index is 12.5. The molecule has 1 aromatic rings. The van der Waals surface area contributed by atoms with E-state index in [1.54, 1.807) is 32.9 Å². The number of nitrogens with zero attached hydrogens (tertiary/aromatic N) is 2. The van der Waals surface area contributed by atoms with E-state index >= 15 is 0 Å². The fourth-order valence-corrected chi connectivity index (χ4v) is 3.22. The molecule has 168 valence electrons. The molecule has 3 amide bonds. The normalized spacial score (nSPS) is 17.0. The quantitative estimate of drug-likeness (QED) is 0.683. The molecule has 2 rings (SSSR count). The molecule has 0 bridgehead atoms. The van der Waals surface area contributed by atoms with Crippen LogP contribution < -0.4 is 10.9 Å². The summed E-state index contributed by atoms with van der Waals surface area (Å²) in [5, 5.41) is 0. The van der Waals surface area contributed by atoms with E-state index in [2.05, 4.69) is 29.6 Å². The maximum atomic E-state index is 12.5. The van der Waals surface area contributed by atoms with E-state index in [-0.39, 0.29) is 18.2 Å². The van der Waals surface area contributed by atoms with Gasteiger partial charge in [-0.15, -0.1) is 0 Å². The molecule has 9 nitrogen and oxygen atoms in total. The molecule has 1 fully saturated rings. The second-order valence-corrected chi connectivity index (χ2v) is 8.44. The van der Waals surface area contributed by atoms with Crippen molar-refractivity contribution < 1.29 is 23.5 Å². The van der Waals surface area contributed by atoms with E-state index in [0.717, 1.165) is 13.1 Å². The first kappa shape index (κ1) is 23.7. The molecule has 0 spiro atoms. The second-order valence-electron chi connectivity index (χ2n) is 8.44. The number of amides is 3. The summed E-state index contributed by atoms with van der Waals surface area (Å²) < 4.78 is 11.0. The molecule has 0 aromatic carbocycles. The van der Waals surface area contributed by atoms with E-state index in [9.17, 15) is 14.4 Å². The zero-order chi connectivity index (χ0) is 22.3. The minimum absolute atomic E-state index is 0.136. The monoisotopic (exact) mass is 422 g/mol. The van der Waals surface area contributed by atoms with Crippen LogP contribution in [-0.2, 0) is 16.1 Å². The van der Waals surface area contributed by atoms with Gasteiger partial charge in [-0.1, -0.05) is 13.8 Å². The van der Waals surface area contributed by atoms with E-state index in [1.165, 1.54) is 4.90 Å². The molecule has 1 saturated heterocycles. The third-order valence-electron chi connectivity index (χ3n) is 4.90. The summed E-state index contributed by atoms with van der Waals surface area (Å²) in [5.74, 6) is -0.450. The number of hydrazine groups is 1. The largest absolute Gasteiger partial charge is 0.454 e. The lowest BCUT2D eigenvalue weighted by Gasteiger charge is -2.33. The summed E-state index contributed by atoms with van der Waals surface area (Å²) in [4.78, 5) is 40.7. The van der Waals surface area contributed by atoms with Gasteiger partial charge in [0.1, 0.15) is 11.4 Å². The van der Waals surface area contributed by atoms with Crippen LogP contribution in [0.3, 0.4) is 0 Å². The van der Waals surface area contributed by atoms with Crippen molar-refractivity contribution in [2.75, 3.05) is 26.2 Å². The average Bonchev–Trinajstić information content (AvgIpc) is 3.17. The number of hydrogen-bond acceptors (Lipinski definition) is 6. The second kappa shape index (κ2) is 10.5. The van der Waals surface area contributed by atoms with Crippen LogP contribution >= 0.6 is 0 Å². The molecule has 9 heteroatoms. The van der Waals surface area contributed by atoms with Gasteiger partial charge in [0.15, 0.2) is 5.76 Å². The molecular formula is C21H34N4O5. The van der Waals surface area contributed by atoms with Gasteiger partial charge in [-0.05, 0) is 58.8 Å². The third-order valence-corrected chi connectivity index (χ3v) is 4.90. The zero-order valence-corrected chi connectivity index (χ0v) is 18.6. The highest BCUT2D eigenvalue weighted by atomic mass is 16.6. The molecule has 1 atom stereocenters. The standard InChI is InChI=1S/C21H34N4O5/c1-6-24(7-2)14-16-10-11-17(29-16)19(27)23-22-18(26)15-9-8-12-25(13-15)20(28)30-21(3,4)5/h10-11,15H,6-9,12-14H2,1-5H3,(H,22,26)(H,23,27). The molecule has 2 N–H and O–H groups in total. The average molecular weight is 423 g/mol. The van der Waals surface area contributed by atoms with Crippen LogP contribution in [0.5, 0.6) is 0 Å². The molecule has 30 heavy (non-hydrogen) atoms. The van der Waals surface area contributed by atoms with Gasteiger partial charge >= 0.3 is 12.0 Å². The minimum atomic E-state index is -0.590. The predicted octanol–water partition coefficient (Wildman–Crippen LogP) is 2.53. The molecule has 0 radical (unpaired) electrons. The number of piperidine rings is 1. The third kappa shape index (κ3) is 7.05. The van der Waals surface area contributed by atoms with Gasteiger partial charge in [-0.2, -0.15) is 0 Å². The first-order chi connectivity index (χ1) is 14.1. The molecule has 2 heterocycles. The Morgan fingerprint density at radius 2 is 1.90 bits per heavy atom. The zero-order valence-electron chi connectivity index (χ0n) is 18.6. The van der Waals surface area contributed by atoms with Crippen LogP contribution in [0.25, 0.3) is 0 Å². The lowest BCUT2D eigenvalue weighted by molar-refractivity contribution is -0.127. The molecule has 1 aromatic heterocycles. The summed E-state index contributed by atoms with van der Waals surface area (Å²) in [6, 6.07) is 3.35. The van der Waals surface area contributed by atoms with Gasteiger partial charge in [-0.3, -0.25) is 25.3 Å². The van der Waals surface area contributed by atoms with Gasteiger partial charge in [0.25, 0.3) is 0 Å². The Balaban J connectivity index is 1.84. The van der Waals surface area contributed by atoms with E-state index in [1.807, 2.05) is 0 Å². The first-order valence-electron chi connectivity index (χ1n) is 10.5. The summed E-state index contributed by atoms with van der Waals surface area (Å²) in [7, 11) is 0. The summed E-state index contributed by atoms with van der Waals surface area (Å²) in [6.45, 7) is 12.7. The van der Waals surface area contributed by atoms with Crippen LogP contribution in [0.1, 0.15) is 63.8 Å². The van der Waals surface area contributed by atoms with Crippen molar-refractivity contribution in [1.29, 1.82) is 0 Å². The maximum Gasteiger partial charge on any atom is 0.410 e. The number of ether oxygens (including phenoxy) is 1. The van der Waals surface area contributed by atoms with Crippen LogP contribution in [0.4, 0.5) is 4.79 Å². The SMILES string of the molecule is CCN(CC)Cc1ccc(C(=O)NNC(=O)C2CCCN(C(=O)OC(C)(C)C)C2)o1. The fraction of sp³-hybridized carbons (Fsp3) is 0.667. The molecule has 0 saturated carbocycles. The van der Waals surface area contributed by atoms with Gasteiger partial charge in [0, 0.05) is 13.1 Å². The topological polar surface area (TPSA) is 104 Å². The number of hydrogen-bond donors (Lipinski definition) is 2. The van der Waals surface area contributed by atoms with Gasteiger partial charge < -0.3 is 14.1 Å². The Morgan fingerprint density at radius 1 is 1.20 bits per heavy atom. The van der Waals surface area contributed by atoms with Crippen molar-refractivity contribution in [3.8, 4) is 0 Å². The van der Waals surface area contributed by atoms with Crippen LogP contribution in [0, 0.1) is 5.92 Å². The van der Waals surface area contributed by atoms with Gasteiger partial charge in [0.05, 0.1) is 12.5 Å². The van der Waals surface area contributed by atoms with Crippen molar-refractivity contribution in [2.24, 2.45) is 5.92 Å². The molecular weight excluding hydrogens is 388 g/mol. The Bertz CT molecular complexity index is 736. The predicted molar refractivity (Wildman–Crippen MR) is 111 cm³/mol. The highest BCUT2D eigenvalue weighted by Gasteiger charge is 2.31. The smallest absolute Gasteiger partial charge is 0.410 e. The number of furan rings is 1. The number of carbonyl (C=O) groups is 3. The van der Waals surface area contributed by atoms with Crippen molar-refractivity contribution in [3.63, 3.8) is 0 Å². The first-order valence-corrected chi connectivity index (χ1v) is 10.5. The van der Waals surface area contributed by atoms with Crippen LogP contribution in [-0.4, -0.2) is 59.5 Å². The van der Waals surface area contributed by atoms with Crippen molar-refractivity contribution in [1.82, 2.24) is 20.7 Å². The van der Waals surface area contributed by atoms with Crippen molar-refractivity contribution in [3.05, 3.63) is 23.7 Å². The highest BCUT2D eigenvalue weighted by Crippen LogP contribution is 2.19. The number of nitrogens with one attached hydrogen (secondary N) is 2. The lowest BCUT2D eigenvalue weighted by Crippen LogP contribution is -2.50. The fourth-order valence-electron chi connectivity index (χ4n) is 3.22. The minimum Gasteiger partial charge on any atom is -0.454 e. The van der Waals surface area contributed by atoms with Gasteiger partial charge in [-0.25, -0.2) is 4.79 Å². The Morgan fingerprint density at radius 3 is 2.53 bits per heavy atom. The Kier molecular flexibility index (Phi) is 8.28. The summed E-state index contributed by atoms with van der Waals surface area (Å²) in [6.07, 6.45) is 0.897. The summed E-state index contributed by atoms with van der Waals surface area (Å²) >= 11 is 0. The molecule has 1 unspecified atom stereocenters. The van der Waals surface area contributed by atoms with E-state index in [0.29, 0.717) is 31.7 Å². The summed E-state index contributed by atoms with van der Waals surface area (Å²) in [5.41, 5.74) is 4.25. The van der Waals surface area contributed by atoms with Crippen molar-refractivity contribution >= 4 is 17.9 Å². The van der Waals surface area contributed by atoms with Crippen LogP contribution in [0.15, 0.2) is 16.5 Å². The lowest BCUT2D eigenvalue weighted by atomic mass is 9.98. The Hall–Kier alpha value is -2.55. The number of likely N-dealkylation sites (tertiary alicyclic amines) is 1.